The van der Waals surface area contributed by atoms with Gasteiger partial charge in [0.15, 0.2) is 0 Å². The zero-order chi connectivity index (χ0) is 14.9. The monoisotopic (exact) mass is 376 g/mol. The molecule has 0 saturated carbocycles. The molecule has 2 aromatic rings. The van der Waals surface area contributed by atoms with Gasteiger partial charge in [0.05, 0.1) is 11.1 Å². The molecule has 0 aliphatic heterocycles. The van der Waals surface area contributed by atoms with Crippen molar-refractivity contribution in [2.45, 2.75) is 13.0 Å². The third-order valence-electron chi connectivity index (χ3n) is 3.10. The number of hydrazine groups is 1. The lowest BCUT2D eigenvalue weighted by atomic mass is 9.95. The molecule has 20 heavy (non-hydrogen) atoms. The highest BCUT2D eigenvalue weighted by atomic mass is 79.9. The smallest absolute Gasteiger partial charge is 0.148 e. The second kappa shape index (κ2) is 6.41. The molecule has 1 atom stereocenters. The topological polar surface area (TPSA) is 38.0 Å². The van der Waals surface area contributed by atoms with Crippen molar-refractivity contribution in [3.8, 4) is 0 Å². The molecule has 2 rings (SSSR count). The molecule has 1 unspecified atom stereocenters. The number of benzene rings is 2. The van der Waals surface area contributed by atoms with E-state index < -0.39 is 11.9 Å². The molecular formula is C14H12BrCl2FN2. The van der Waals surface area contributed by atoms with Crippen LogP contribution in [0.4, 0.5) is 4.39 Å². The number of aryl methyl sites for hydroxylation is 1. The average Bonchev–Trinajstić information content (AvgIpc) is 2.43. The number of hydrogen-bond acceptors (Lipinski definition) is 2. The first-order chi connectivity index (χ1) is 9.45. The van der Waals surface area contributed by atoms with Gasteiger partial charge in [-0.15, -0.1) is 0 Å². The van der Waals surface area contributed by atoms with Crippen molar-refractivity contribution in [3.05, 3.63) is 67.4 Å². The summed E-state index contributed by atoms with van der Waals surface area (Å²) in [4.78, 5) is 0. The predicted octanol–water partition coefficient (Wildman–Crippen LogP) is 4.76. The zero-order valence-corrected chi connectivity index (χ0v) is 13.7. The first kappa shape index (κ1) is 15.7. The lowest BCUT2D eigenvalue weighted by molar-refractivity contribution is 0.558. The predicted molar refractivity (Wildman–Crippen MR) is 84.5 cm³/mol. The van der Waals surface area contributed by atoms with Gasteiger partial charge in [0.2, 0.25) is 0 Å². The first-order valence-electron chi connectivity index (χ1n) is 5.81. The molecule has 6 heteroatoms. The van der Waals surface area contributed by atoms with E-state index in [-0.39, 0.29) is 5.02 Å². The van der Waals surface area contributed by atoms with Crippen LogP contribution in [0.2, 0.25) is 10.0 Å². The fraction of sp³-hybridized carbons (Fsp3) is 0.143. The summed E-state index contributed by atoms with van der Waals surface area (Å²) in [6.45, 7) is 1.91. The van der Waals surface area contributed by atoms with E-state index in [1.54, 1.807) is 24.3 Å². The van der Waals surface area contributed by atoms with Crippen molar-refractivity contribution in [3.63, 3.8) is 0 Å². The summed E-state index contributed by atoms with van der Waals surface area (Å²) in [6.07, 6.45) is 0. The first-order valence-corrected chi connectivity index (χ1v) is 7.36. The van der Waals surface area contributed by atoms with E-state index in [1.165, 1.54) is 0 Å². The number of halogens is 4. The van der Waals surface area contributed by atoms with Gasteiger partial charge in [0.1, 0.15) is 5.82 Å². The summed E-state index contributed by atoms with van der Waals surface area (Å²) in [5, 5.41) is 0.594. The van der Waals surface area contributed by atoms with Crippen LogP contribution in [-0.2, 0) is 0 Å². The van der Waals surface area contributed by atoms with Crippen molar-refractivity contribution in [2.24, 2.45) is 5.84 Å². The minimum atomic E-state index is -0.528. The molecule has 0 bridgehead atoms. The molecule has 0 fully saturated rings. The quantitative estimate of drug-likeness (QED) is 0.460. The fourth-order valence-corrected chi connectivity index (χ4v) is 2.69. The molecule has 0 heterocycles. The lowest BCUT2D eigenvalue weighted by Gasteiger charge is -2.20. The van der Waals surface area contributed by atoms with Crippen molar-refractivity contribution in [2.75, 3.05) is 0 Å². The Morgan fingerprint density at radius 1 is 1.20 bits per heavy atom. The molecule has 0 radical (unpaired) electrons. The van der Waals surface area contributed by atoms with Crippen molar-refractivity contribution < 1.29 is 4.39 Å². The largest absolute Gasteiger partial charge is 0.271 e. The second-order valence-corrected chi connectivity index (χ2v) is 6.03. The Kier molecular flexibility index (Phi) is 5.04. The Morgan fingerprint density at radius 2 is 1.90 bits per heavy atom. The van der Waals surface area contributed by atoms with Crippen molar-refractivity contribution in [1.82, 2.24) is 5.43 Å². The summed E-state index contributed by atoms with van der Waals surface area (Å²) >= 11 is 15.1. The van der Waals surface area contributed by atoms with E-state index in [4.69, 9.17) is 29.0 Å². The van der Waals surface area contributed by atoms with Gasteiger partial charge in [-0.2, -0.15) is 0 Å². The number of nitrogens with one attached hydrogen (secondary N) is 1. The summed E-state index contributed by atoms with van der Waals surface area (Å²) in [5.41, 5.74) is 4.74. The third kappa shape index (κ3) is 3.00. The fourth-order valence-electron chi connectivity index (χ4n) is 2.03. The second-order valence-electron chi connectivity index (χ2n) is 4.37. The normalized spacial score (nSPS) is 12.5. The van der Waals surface area contributed by atoms with Crippen LogP contribution in [0.25, 0.3) is 0 Å². The van der Waals surface area contributed by atoms with Crippen LogP contribution in [0, 0.1) is 12.7 Å². The van der Waals surface area contributed by atoms with Crippen LogP contribution in [0.15, 0.2) is 34.8 Å². The van der Waals surface area contributed by atoms with E-state index in [1.807, 2.05) is 13.0 Å². The van der Waals surface area contributed by atoms with Gasteiger partial charge < -0.3 is 0 Å². The van der Waals surface area contributed by atoms with Gasteiger partial charge in [-0.05, 0) is 52.2 Å². The van der Waals surface area contributed by atoms with Gasteiger partial charge in [0, 0.05) is 15.1 Å². The highest BCUT2D eigenvalue weighted by Crippen LogP contribution is 2.34. The molecule has 2 aromatic carbocycles. The summed E-state index contributed by atoms with van der Waals surface area (Å²) < 4.78 is 14.8. The molecule has 2 nitrogen and oxygen atoms in total. The Morgan fingerprint density at radius 3 is 2.55 bits per heavy atom. The molecule has 0 spiro atoms. The summed E-state index contributed by atoms with van der Waals surface area (Å²) in [6, 6.07) is 8.19. The Bertz CT molecular complexity index is 649. The van der Waals surface area contributed by atoms with E-state index >= 15 is 0 Å². The van der Waals surface area contributed by atoms with Crippen molar-refractivity contribution in [1.29, 1.82) is 0 Å². The minimum absolute atomic E-state index is 0.0300. The number of hydrogen-bond donors (Lipinski definition) is 2. The Labute approximate surface area is 135 Å². The van der Waals surface area contributed by atoms with Crippen molar-refractivity contribution >= 4 is 39.1 Å². The van der Waals surface area contributed by atoms with Gasteiger partial charge in [-0.25, -0.2) is 9.82 Å². The van der Waals surface area contributed by atoms with E-state index in [0.29, 0.717) is 15.1 Å². The maximum atomic E-state index is 14.3. The maximum absolute atomic E-state index is 14.3. The van der Waals surface area contributed by atoms with E-state index in [2.05, 4.69) is 21.4 Å². The van der Waals surface area contributed by atoms with Gasteiger partial charge in [-0.1, -0.05) is 35.3 Å². The summed E-state index contributed by atoms with van der Waals surface area (Å²) in [5.74, 6) is 5.09. The number of rotatable bonds is 3. The average molecular weight is 378 g/mol. The molecular weight excluding hydrogens is 366 g/mol. The van der Waals surface area contributed by atoms with Crippen LogP contribution >= 0.6 is 39.1 Å². The van der Waals surface area contributed by atoms with Crippen LogP contribution < -0.4 is 11.3 Å². The molecule has 0 aliphatic rings. The maximum Gasteiger partial charge on any atom is 0.148 e. The lowest BCUT2D eigenvalue weighted by Crippen LogP contribution is -2.30. The Hall–Kier alpha value is -0.650. The van der Waals surface area contributed by atoms with Crippen LogP contribution in [0.5, 0.6) is 0 Å². The SMILES string of the molecule is Cc1ccc(Cl)cc1C(NN)c1ccc(Br)c(Cl)c1F. The minimum Gasteiger partial charge on any atom is -0.271 e. The van der Waals surface area contributed by atoms with Gasteiger partial charge in [0.25, 0.3) is 0 Å². The standard InChI is InChI=1S/C14H12BrCl2FN2/c1-7-2-3-8(16)6-10(7)14(20-19)9-4-5-11(15)12(17)13(9)18/h2-6,14,20H,19H2,1H3. The number of nitrogens with two attached hydrogens (primary N) is 1. The van der Waals surface area contributed by atoms with Gasteiger partial charge >= 0.3 is 0 Å². The summed E-state index contributed by atoms with van der Waals surface area (Å²) in [7, 11) is 0. The molecule has 106 valence electrons. The van der Waals surface area contributed by atoms with Crippen LogP contribution in [0.3, 0.4) is 0 Å². The zero-order valence-electron chi connectivity index (χ0n) is 10.6. The Balaban J connectivity index is 2.58. The van der Waals surface area contributed by atoms with Crippen LogP contribution in [0.1, 0.15) is 22.7 Å². The van der Waals surface area contributed by atoms with Crippen LogP contribution in [-0.4, -0.2) is 0 Å². The molecule has 0 aromatic heterocycles. The molecule has 0 saturated heterocycles. The molecule has 0 aliphatic carbocycles. The molecule has 0 amide bonds. The highest BCUT2D eigenvalue weighted by Gasteiger charge is 2.21. The van der Waals surface area contributed by atoms with E-state index in [9.17, 15) is 4.39 Å². The molecule has 3 N–H and O–H groups in total. The third-order valence-corrected chi connectivity index (χ3v) is 4.59. The van der Waals surface area contributed by atoms with E-state index in [0.717, 1.165) is 11.1 Å². The van der Waals surface area contributed by atoms with Gasteiger partial charge in [-0.3, -0.25) is 5.84 Å². The highest BCUT2D eigenvalue weighted by molar-refractivity contribution is 9.10.